The Kier molecular flexibility index (Phi) is 3.72. The lowest BCUT2D eigenvalue weighted by Crippen LogP contribution is -2.00. The van der Waals surface area contributed by atoms with E-state index in [2.05, 4.69) is 0 Å². The summed E-state index contributed by atoms with van der Waals surface area (Å²) in [6, 6.07) is 2.44. The minimum atomic E-state index is -0.936. The zero-order valence-electron chi connectivity index (χ0n) is 7.31. The molecule has 0 saturated heterocycles. The third-order valence-corrected chi connectivity index (χ3v) is 2.12. The highest BCUT2D eigenvalue weighted by molar-refractivity contribution is 6.68. The van der Waals surface area contributed by atoms with Gasteiger partial charge < -0.3 is 4.74 Å². The maximum Gasteiger partial charge on any atom is 0.257 e. The second kappa shape index (κ2) is 4.62. The van der Waals surface area contributed by atoms with Crippen molar-refractivity contribution in [3.05, 3.63) is 28.5 Å². The molecule has 2 nitrogen and oxygen atoms in total. The SMILES string of the molecule is CCOc1ccc(F)c(C(=O)Cl)c1Cl. The number of carbonyl (C=O) groups excluding carboxylic acids is 1. The molecule has 1 aromatic rings. The summed E-state index contributed by atoms with van der Waals surface area (Å²) in [5.74, 6) is -0.502. The van der Waals surface area contributed by atoms with Crippen molar-refractivity contribution in [1.82, 2.24) is 0 Å². The molecule has 0 saturated carbocycles. The van der Waals surface area contributed by atoms with Gasteiger partial charge in [0.05, 0.1) is 17.2 Å². The molecule has 76 valence electrons. The fourth-order valence-corrected chi connectivity index (χ4v) is 1.51. The lowest BCUT2D eigenvalue weighted by Gasteiger charge is -2.07. The van der Waals surface area contributed by atoms with E-state index in [1.165, 1.54) is 6.07 Å². The van der Waals surface area contributed by atoms with Crippen molar-refractivity contribution < 1.29 is 13.9 Å². The number of carbonyl (C=O) groups is 1. The van der Waals surface area contributed by atoms with Crippen molar-refractivity contribution in [3.63, 3.8) is 0 Å². The molecule has 0 radical (unpaired) electrons. The van der Waals surface area contributed by atoms with E-state index in [0.717, 1.165) is 6.07 Å². The molecular formula is C9H7Cl2FO2. The second-order valence-electron chi connectivity index (χ2n) is 2.44. The molecule has 0 heterocycles. The first-order chi connectivity index (χ1) is 6.57. The van der Waals surface area contributed by atoms with E-state index >= 15 is 0 Å². The summed E-state index contributed by atoms with van der Waals surface area (Å²) in [6.45, 7) is 2.13. The maximum absolute atomic E-state index is 13.1. The number of hydrogen-bond acceptors (Lipinski definition) is 2. The zero-order chi connectivity index (χ0) is 10.7. The molecule has 1 aromatic carbocycles. The van der Waals surface area contributed by atoms with E-state index in [0.29, 0.717) is 6.61 Å². The van der Waals surface area contributed by atoms with Crippen LogP contribution in [0.25, 0.3) is 0 Å². The summed E-state index contributed by atoms with van der Waals surface area (Å²) in [6.07, 6.45) is 0. The van der Waals surface area contributed by atoms with E-state index in [1.54, 1.807) is 6.92 Å². The van der Waals surface area contributed by atoms with Crippen LogP contribution in [0.3, 0.4) is 0 Å². The summed E-state index contributed by atoms with van der Waals surface area (Å²) < 4.78 is 18.1. The van der Waals surface area contributed by atoms with E-state index in [-0.39, 0.29) is 16.3 Å². The van der Waals surface area contributed by atoms with Crippen LogP contribution in [0.1, 0.15) is 17.3 Å². The lowest BCUT2D eigenvalue weighted by molar-refractivity contribution is 0.107. The first-order valence-corrected chi connectivity index (χ1v) is 4.64. The van der Waals surface area contributed by atoms with Crippen LogP contribution in [-0.2, 0) is 0 Å². The summed E-state index contributed by atoms with van der Waals surface area (Å²) in [5, 5.41) is -1.03. The summed E-state index contributed by atoms with van der Waals surface area (Å²) in [4.78, 5) is 10.8. The van der Waals surface area contributed by atoms with Gasteiger partial charge in [0.1, 0.15) is 11.6 Å². The van der Waals surface area contributed by atoms with Gasteiger partial charge in [0.2, 0.25) is 0 Å². The molecule has 0 spiro atoms. The Morgan fingerprint density at radius 2 is 2.21 bits per heavy atom. The highest BCUT2D eigenvalue weighted by Gasteiger charge is 2.17. The third kappa shape index (κ3) is 2.16. The van der Waals surface area contributed by atoms with E-state index in [1.807, 2.05) is 0 Å². The quantitative estimate of drug-likeness (QED) is 0.754. The Hall–Kier alpha value is -0.800. The smallest absolute Gasteiger partial charge is 0.257 e. The average Bonchev–Trinajstić information content (AvgIpc) is 2.10. The number of hydrogen-bond donors (Lipinski definition) is 0. The van der Waals surface area contributed by atoms with E-state index in [9.17, 15) is 9.18 Å². The monoisotopic (exact) mass is 236 g/mol. The lowest BCUT2D eigenvalue weighted by atomic mass is 10.2. The van der Waals surface area contributed by atoms with Crippen molar-refractivity contribution in [1.29, 1.82) is 0 Å². The Morgan fingerprint density at radius 1 is 1.57 bits per heavy atom. The molecular weight excluding hydrogens is 230 g/mol. The van der Waals surface area contributed by atoms with Gasteiger partial charge >= 0.3 is 0 Å². The fraction of sp³-hybridized carbons (Fsp3) is 0.222. The number of ether oxygens (including phenoxy) is 1. The summed E-state index contributed by atoms with van der Waals surface area (Å²) in [5.41, 5.74) is -0.348. The van der Waals surface area contributed by atoms with Crippen LogP contribution >= 0.6 is 23.2 Å². The number of rotatable bonds is 3. The Bertz CT molecular complexity index is 366. The van der Waals surface area contributed by atoms with Crippen LogP contribution in [0.15, 0.2) is 12.1 Å². The van der Waals surface area contributed by atoms with Gasteiger partial charge in [0.15, 0.2) is 0 Å². The number of benzene rings is 1. The molecule has 0 atom stereocenters. The molecule has 14 heavy (non-hydrogen) atoms. The molecule has 0 aliphatic heterocycles. The van der Waals surface area contributed by atoms with Crippen LogP contribution in [0, 0.1) is 5.82 Å². The number of halogens is 3. The largest absolute Gasteiger partial charge is 0.492 e. The summed E-state index contributed by atoms with van der Waals surface area (Å²) in [7, 11) is 0. The Morgan fingerprint density at radius 3 is 2.71 bits per heavy atom. The van der Waals surface area contributed by atoms with Gasteiger partial charge in [0.25, 0.3) is 5.24 Å². The molecule has 0 unspecified atom stereocenters. The normalized spacial score (nSPS) is 10.0. The predicted molar refractivity (Wildman–Crippen MR) is 52.8 cm³/mol. The highest BCUT2D eigenvalue weighted by atomic mass is 35.5. The van der Waals surface area contributed by atoms with E-state index < -0.39 is 11.1 Å². The predicted octanol–water partition coefficient (Wildman–Crippen LogP) is 3.26. The molecule has 0 N–H and O–H groups in total. The van der Waals surface area contributed by atoms with Gasteiger partial charge in [-0.3, -0.25) is 4.79 Å². The Labute approximate surface area is 90.6 Å². The van der Waals surface area contributed by atoms with Gasteiger partial charge in [-0.15, -0.1) is 0 Å². The standard InChI is InChI=1S/C9H7Cl2FO2/c1-2-14-6-4-3-5(12)7(8(6)10)9(11)13/h3-4H,2H2,1H3. The van der Waals surface area contributed by atoms with Crippen molar-refractivity contribution in [2.45, 2.75) is 6.92 Å². The van der Waals surface area contributed by atoms with Crippen LogP contribution in [0.2, 0.25) is 5.02 Å². The maximum atomic E-state index is 13.1. The van der Waals surface area contributed by atoms with Crippen molar-refractivity contribution in [3.8, 4) is 5.75 Å². The summed E-state index contributed by atoms with van der Waals surface area (Å²) >= 11 is 10.9. The van der Waals surface area contributed by atoms with Crippen LogP contribution in [0.4, 0.5) is 4.39 Å². The van der Waals surface area contributed by atoms with Crippen LogP contribution < -0.4 is 4.74 Å². The van der Waals surface area contributed by atoms with Gasteiger partial charge in [-0.05, 0) is 30.7 Å². The highest BCUT2D eigenvalue weighted by Crippen LogP contribution is 2.31. The van der Waals surface area contributed by atoms with Crippen LogP contribution in [0.5, 0.6) is 5.75 Å². The minimum absolute atomic E-state index is 0.0909. The molecule has 0 amide bonds. The molecule has 5 heteroatoms. The fourth-order valence-electron chi connectivity index (χ4n) is 0.981. The minimum Gasteiger partial charge on any atom is -0.492 e. The second-order valence-corrected chi connectivity index (χ2v) is 3.16. The molecule has 0 aromatic heterocycles. The zero-order valence-corrected chi connectivity index (χ0v) is 8.82. The van der Waals surface area contributed by atoms with Gasteiger partial charge in [-0.1, -0.05) is 11.6 Å². The molecule has 0 aliphatic carbocycles. The molecule has 0 aliphatic rings. The van der Waals surface area contributed by atoms with Crippen molar-refractivity contribution in [2.24, 2.45) is 0 Å². The van der Waals surface area contributed by atoms with Gasteiger partial charge in [-0.2, -0.15) is 0 Å². The first-order valence-electron chi connectivity index (χ1n) is 3.88. The van der Waals surface area contributed by atoms with Crippen LogP contribution in [-0.4, -0.2) is 11.8 Å². The van der Waals surface area contributed by atoms with Gasteiger partial charge in [-0.25, -0.2) is 4.39 Å². The third-order valence-electron chi connectivity index (χ3n) is 1.55. The molecule has 0 bridgehead atoms. The van der Waals surface area contributed by atoms with E-state index in [4.69, 9.17) is 27.9 Å². The average molecular weight is 237 g/mol. The van der Waals surface area contributed by atoms with Crippen molar-refractivity contribution >= 4 is 28.4 Å². The molecule has 1 rings (SSSR count). The van der Waals surface area contributed by atoms with Gasteiger partial charge in [0, 0.05) is 0 Å². The van der Waals surface area contributed by atoms with Crippen molar-refractivity contribution in [2.75, 3.05) is 6.61 Å². The molecule has 0 fully saturated rings. The topological polar surface area (TPSA) is 26.3 Å². The first kappa shape index (κ1) is 11.3. The Balaban J connectivity index is 3.26.